The molecule has 0 radical (unpaired) electrons. The fourth-order valence-corrected chi connectivity index (χ4v) is 5.48. The molecule has 158 valence electrons. The number of aromatic nitrogens is 1. The van der Waals surface area contributed by atoms with Gasteiger partial charge in [0.15, 0.2) is 0 Å². The fraction of sp³-hybridized carbons (Fsp3) is 0.625. The minimum absolute atomic E-state index is 0.0260. The number of piperidine rings is 2. The third-order valence-electron chi connectivity index (χ3n) is 6.82. The van der Waals surface area contributed by atoms with E-state index in [0.29, 0.717) is 5.92 Å². The molecule has 2 N–H and O–H groups in total. The van der Waals surface area contributed by atoms with Crippen molar-refractivity contribution in [3.8, 4) is 0 Å². The van der Waals surface area contributed by atoms with Crippen LogP contribution in [0.15, 0.2) is 24.4 Å². The Morgan fingerprint density at radius 3 is 2.69 bits per heavy atom. The molecule has 5 heteroatoms. The number of nitrogens with one attached hydrogen (secondary N) is 2. The lowest BCUT2D eigenvalue weighted by Gasteiger charge is -2.42. The lowest BCUT2D eigenvalue weighted by molar-refractivity contribution is 0.0977. The monoisotopic (exact) mass is 396 g/mol. The van der Waals surface area contributed by atoms with Gasteiger partial charge in [-0.2, -0.15) is 0 Å². The number of hydrogen-bond acceptors (Lipinski definition) is 2. The summed E-state index contributed by atoms with van der Waals surface area (Å²) in [4.78, 5) is 20.9. The average Bonchev–Trinajstić information content (AvgIpc) is 3.10. The van der Waals surface area contributed by atoms with Crippen LogP contribution in [0.25, 0.3) is 10.9 Å². The van der Waals surface area contributed by atoms with E-state index in [-0.39, 0.29) is 18.1 Å². The first-order chi connectivity index (χ1) is 13.9. The molecule has 0 spiro atoms. The maximum Gasteiger partial charge on any atom is 0.322 e. The Labute approximate surface area is 174 Å². The first kappa shape index (κ1) is 20.3. The number of hydrogen-bond donors (Lipinski definition) is 2. The Morgan fingerprint density at radius 1 is 1.14 bits per heavy atom. The maximum absolute atomic E-state index is 12.8. The number of carbonyl (C=O) groups is 1. The zero-order chi connectivity index (χ0) is 20.5. The van der Waals surface area contributed by atoms with Crippen LogP contribution in [0, 0.1) is 0 Å². The van der Waals surface area contributed by atoms with Gasteiger partial charge in [0.25, 0.3) is 0 Å². The van der Waals surface area contributed by atoms with Crippen LogP contribution in [-0.2, 0) is 0 Å². The van der Waals surface area contributed by atoms with Crippen LogP contribution in [0.2, 0.25) is 0 Å². The normalized spacial score (nSPS) is 22.8. The van der Waals surface area contributed by atoms with Gasteiger partial charge in [-0.3, -0.25) is 0 Å². The van der Waals surface area contributed by atoms with Crippen molar-refractivity contribution in [3.05, 3.63) is 30.0 Å². The van der Waals surface area contributed by atoms with Crippen LogP contribution >= 0.6 is 0 Å². The largest absolute Gasteiger partial charge is 0.361 e. The Bertz CT molecular complexity index is 848. The van der Waals surface area contributed by atoms with Crippen LogP contribution in [0.1, 0.15) is 71.3 Å². The van der Waals surface area contributed by atoms with Crippen LogP contribution < -0.4 is 5.32 Å². The molecule has 2 aromatic rings. The smallest absolute Gasteiger partial charge is 0.322 e. The van der Waals surface area contributed by atoms with Crippen molar-refractivity contribution < 1.29 is 4.79 Å². The molecule has 2 fully saturated rings. The van der Waals surface area contributed by atoms with Crippen molar-refractivity contribution in [1.29, 1.82) is 0 Å². The van der Waals surface area contributed by atoms with Crippen LogP contribution in [-0.4, -0.2) is 52.0 Å². The van der Waals surface area contributed by atoms with E-state index in [1.165, 1.54) is 56.1 Å². The van der Waals surface area contributed by atoms with Gasteiger partial charge < -0.3 is 20.1 Å². The van der Waals surface area contributed by atoms with E-state index in [9.17, 15) is 4.79 Å². The molecule has 5 nitrogen and oxygen atoms in total. The lowest BCUT2D eigenvalue weighted by Crippen LogP contribution is -2.44. The van der Waals surface area contributed by atoms with E-state index in [2.05, 4.69) is 61.2 Å². The summed E-state index contributed by atoms with van der Waals surface area (Å²) in [5.41, 5.74) is 3.46. The molecule has 0 saturated carbocycles. The summed E-state index contributed by atoms with van der Waals surface area (Å²) in [6.45, 7) is 10.7. The predicted octanol–water partition coefficient (Wildman–Crippen LogP) is 5.55. The first-order valence-electron chi connectivity index (χ1n) is 11.4. The highest BCUT2D eigenvalue weighted by atomic mass is 16.2. The average molecular weight is 397 g/mol. The highest BCUT2D eigenvalue weighted by Crippen LogP contribution is 2.38. The second-order valence-electron chi connectivity index (χ2n) is 9.44. The summed E-state index contributed by atoms with van der Waals surface area (Å²) >= 11 is 0. The molecule has 2 amide bonds. The third kappa shape index (κ3) is 4.16. The third-order valence-corrected chi connectivity index (χ3v) is 6.82. The first-order valence-corrected chi connectivity index (χ1v) is 11.4. The van der Waals surface area contributed by atoms with Crippen molar-refractivity contribution in [3.63, 3.8) is 0 Å². The minimum Gasteiger partial charge on any atom is -0.361 e. The fourth-order valence-electron chi connectivity index (χ4n) is 5.48. The van der Waals surface area contributed by atoms with Crippen LogP contribution in [0.3, 0.4) is 0 Å². The molecule has 2 saturated heterocycles. The van der Waals surface area contributed by atoms with Gasteiger partial charge in [-0.25, -0.2) is 4.79 Å². The van der Waals surface area contributed by atoms with Crippen molar-refractivity contribution >= 4 is 22.6 Å². The molecular formula is C24H36N4O. The van der Waals surface area contributed by atoms with Gasteiger partial charge in [0.1, 0.15) is 0 Å². The van der Waals surface area contributed by atoms with Gasteiger partial charge in [0, 0.05) is 40.9 Å². The molecule has 1 aromatic heterocycles. The molecule has 0 aliphatic carbocycles. The summed E-state index contributed by atoms with van der Waals surface area (Å²) in [5, 5.41) is 4.39. The van der Waals surface area contributed by atoms with Gasteiger partial charge >= 0.3 is 6.03 Å². The molecule has 3 heterocycles. The Hall–Kier alpha value is -2.01. The summed E-state index contributed by atoms with van der Waals surface area (Å²) < 4.78 is 0. The molecule has 2 unspecified atom stereocenters. The van der Waals surface area contributed by atoms with Crippen LogP contribution in [0.5, 0.6) is 0 Å². The van der Waals surface area contributed by atoms with Crippen molar-refractivity contribution in [1.82, 2.24) is 14.8 Å². The van der Waals surface area contributed by atoms with E-state index in [1.807, 2.05) is 11.0 Å². The summed E-state index contributed by atoms with van der Waals surface area (Å²) in [6, 6.07) is 7.32. The number of fused-ring (bicyclic) bond motifs is 2. The molecule has 1 aromatic carbocycles. The Morgan fingerprint density at radius 2 is 1.93 bits per heavy atom. The molecule has 2 aliphatic rings. The number of urea groups is 1. The van der Waals surface area contributed by atoms with E-state index < -0.39 is 0 Å². The van der Waals surface area contributed by atoms with E-state index >= 15 is 0 Å². The Balaban J connectivity index is 1.54. The van der Waals surface area contributed by atoms with Crippen LogP contribution in [0.4, 0.5) is 10.5 Å². The molecular weight excluding hydrogens is 360 g/mol. The second-order valence-corrected chi connectivity index (χ2v) is 9.44. The van der Waals surface area contributed by atoms with Crippen molar-refractivity contribution in [2.75, 3.05) is 18.4 Å². The highest BCUT2D eigenvalue weighted by Gasteiger charge is 2.31. The lowest BCUT2D eigenvalue weighted by atomic mass is 9.82. The molecule has 2 atom stereocenters. The number of benzene rings is 1. The number of anilines is 1. The van der Waals surface area contributed by atoms with Gasteiger partial charge in [0.2, 0.25) is 0 Å². The zero-order valence-electron chi connectivity index (χ0n) is 18.4. The number of amides is 2. The van der Waals surface area contributed by atoms with Gasteiger partial charge in [-0.05, 0) is 96.1 Å². The van der Waals surface area contributed by atoms with Gasteiger partial charge in [-0.1, -0.05) is 6.42 Å². The highest BCUT2D eigenvalue weighted by molar-refractivity contribution is 5.94. The van der Waals surface area contributed by atoms with Crippen molar-refractivity contribution in [2.24, 2.45) is 0 Å². The topological polar surface area (TPSA) is 51.4 Å². The molecule has 0 bridgehead atoms. The summed E-state index contributed by atoms with van der Waals surface area (Å²) in [5.74, 6) is 0.608. The minimum atomic E-state index is -0.0260. The second kappa shape index (κ2) is 8.39. The van der Waals surface area contributed by atoms with E-state index in [0.717, 1.165) is 17.2 Å². The number of aromatic amines is 1. The zero-order valence-corrected chi connectivity index (χ0v) is 18.4. The SMILES string of the molecule is CC(C)N(C(=O)Nc1ccc2[nH]cc(C3CCN4CCCCC4C3)c2c1)C(C)C. The molecule has 29 heavy (non-hydrogen) atoms. The molecule has 2 aliphatic heterocycles. The number of H-pyrrole nitrogens is 1. The van der Waals surface area contributed by atoms with E-state index in [1.54, 1.807) is 0 Å². The number of nitrogens with zero attached hydrogens (tertiary/aromatic N) is 2. The maximum atomic E-state index is 12.8. The molecule has 4 rings (SSSR count). The van der Waals surface area contributed by atoms with E-state index in [4.69, 9.17) is 0 Å². The standard InChI is InChI=1S/C24H36N4O/c1-16(2)28(17(3)4)24(29)26-19-8-9-23-21(14-19)22(15-25-23)18-10-12-27-11-6-5-7-20(27)13-18/h8-9,14-18,20,25H,5-7,10-13H2,1-4H3,(H,26,29). The van der Waals surface area contributed by atoms with Gasteiger partial charge in [0.05, 0.1) is 0 Å². The summed E-state index contributed by atoms with van der Waals surface area (Å²) in [7, 11) is 0. The number of rotatable bonds is 4. The van der Waals surface area contributed by atoms with Crippen molar-refractivity contribution in [2.45, 2.75) is 83.8 Å². The quantitative estimate of drug-likeness (QED) is 0.712. The number of carbonyl (C=O) groups excluding carboxylic acids is 1. The van der Waals surface area contributed by atoms with Gasteiger partial charge in [-0.15, -0.1) is 0 Å². The summed E-state index contributed by atoms with van der Waals surface area (Å²) in [6.07, 6.45) is 8.78. The predicted molar refractivity (Wildman–Crippen MR) is 121 cm³/mol. The Kier molecular flexibility index (Phi) is 5.86.